The summed E-state index contributed by atoms with van der Waals surface area (Å²) in [4.78, 5) is 0. The molecule has 1 nitrogen and oxygen atoms in total. The molecule has 1 N–H and O–H groups in total. The number of rotatable bonds is 17. The van der Waals surface area contributed by atoms with Gasteiger partial charge in [-0.3, -0.25) is 0 Å². The minimum absolute atomic E-state index is 0.355. The topological polar surface area (TPSA) is 20.2 Å². The molecule has 0 radical (unpaired) electrons. The SMILES string of the molecule is CCCCCCCCCCC(O)(CCCCC)CCCCC. The summed E-state index contributed by atoms with van der Waals surface area (Å²) in [7, 11) is 0. The molecule has 0 aliphatic carbocycles. The highest BCUT2D eigenvalue weighted by Crippen LogP contribution is 2.28. The Morgan fingerprint density at radius 2 is 0.727 bits per heavy atom. The third-order valence-electron chi connectivity index (χ3n) is 4.99. The Morgan fingerprint density at radius 1 is 0.455 bits per heavy atom. The Hall–Kier alpha value is -0.0400. The Bertz CT molecular complexity index is 202. The molecule has 0 aliphatic rings. The molecule has 0 heterocycles. The highest BCUT2D eigenvalue weighted by Gasteiger charge is 2.24. The quantitative estimate of drug-likeness (QED) is 0.277. The first-order valence-electron chi connectivity index (χ1n) is 10.4. The van der Waals surface area contributed by atoms with Crippen LogP contribution in [-0.2, 0) is 0 Å². The van der Waals surface area contributed by atoms with E-state index in [9.17, 15) is 5.11 Å². The fourth-order valence-corrected chi connectivity index (χ4v) is 3.37. The van der Waals surface area contributed by atoms with Crippen LogP contribution in [-0.4, -0.2) is 10.7 Å². The van der Waals surface area contributed by atoms with Crippen LogP contribution in [0.5, 0.6) is 0 Å². The summed E-state index contributed by atoms with van der Waals surface area (Å²) in [5, 5.41) is 10.9. The van der Waals surface area contributed by atoms with Crippen molar-refractivity contribution < 1.29 is 5.11 Å². The lowest BCUT2D eigenvalue weighted by molar-refractivity contribution is 0.00726. The van der Waals surface area contributed by atoms with Crippen LogP contribution < -0.4 is 0 Å². The first kappa shape index (κ1) is 22.0. The molecule has 0 amide bonds. The molecule has 0 fully saturated rings. The van der Waals surface area contributed by atoms with Crippen molar-refractivity contribution in [1.82, 2.24) is 0 Å². The fraction of sp³-hybridized carbons (Fsp3) is 1.00. The van der Waals surface area contributed by atoms with Crippen LogP contribution in [0.2, 0.25) is 0 Å². The van der Waals surface area contributed by atoms with E-state index in [1.54, 1.807) is 0 Å². The lowest BCUT2D eigenvalue weighted by atomic mass is 9.85. The van der Waals surface area contributed by atoms with Gasteiger partial charge in [0.05, 0.1) is 5.60 Å². The second-order valence-electron chi connectivity index (χ2n) is 7.36. The standard InChI is InChI=1S/C21H44O/c1-4-7-10-11-12-13-14-17-20-21(22,18-15-8-5-2)19-16-9-6-3/h22H,4-20H2,1-3H3. The minimum Gasteiger partial charge on any atom is -0.390 e. The molecule has 22 heavy (non-hydrogen) atoms. The highest BCUT2D eigenvalue weighted by atomic mass is 16.3. The van der Waals surface area contributed by atoms with Crippen LogP contribution in [0, 0.1) is 0 Å². The number of unbranched alkanes of at least 4 members (excludes halogenated alkanes) is 11. The summed E-state index contributed by atoms with van der Waals surface area (Å²) < 4.78 is 0. The largest absolute Gasteiger partial charge is 0.390 e. The van der Waals surface area contributed by atoms with E-state index in [1.165, 1.54) is 89.9 Å². The van der Waals surface area contributed by atoms with Crippen molar-refractivity contribution in [2.24, 2.45) is 0 Å². The summed E-state index contributed by atoms with van der Waals surface area (Å²) in [6.07, 6.45) is 21.4. The van der Waals surface area contributed by atoms with Crippen molar-refractivity contribution in [3.05, 3.63) is 0 Å². The zero-order chi connectivity index (χ0) is 16.5. The average molecular weight is 313 g/mol. The first-order valence-corrected chi connectivity index (χ1v) is 10.4. The van der Waals surface area contributed by atoms with Crippen molar-refractivity contribution in [2.45, 2.75) is 136 Å². The van der Waals surface area contributed by atoms with E-state index in [-0.39, 0.29) is 5.60 Å². The molecule has 1 heteroatoms. The molecule has 0 saturated carbocycles. The van der Waals surface area contributed by atoms with E-state index in [1.807, 2.05) is 0 Å². The first-order chi connectivity index (χ1) is 10.7. The molecule has 0 bridgehead atoms. The zero-order valence-corrected chi connectivity index (χ0v) is 16.0. The van der Waals surface area contributed by atoms with Crippen molar-refractivity contribution in [1.29, 1.82) is 0 Å². The molecule has 0 aliphatic heterocycles. The second kappa shape index (κ2) is 15.8. The zero-order valence-electron chi connectivity index (χ0n) is 16.0. The molecule has 0 spiro atoms. The summed E-state index contributed by atoms with van der Waals surface area (Å²) in [6.45, 7) is 6.77. The van der Waals surface area contributed by atoms with Crippen molar-refractivity contribution >= 4 is 0 Å². The molecule has 0 unspecified atom stereocenters. The van der Waals surface area contributed by atoms with Gasteiger partial charge in [-0.2, -0.15) is 0 Å². The predicted octanol–water partition coefficient (Wildman–Crippen LogP) is 7.41. The number of aliphatic hydroxyl groups is 1. The van der Waals surface area contributed by atoms with Gasteiger partial charge in [-0.05, 0) is 19.3 Å². The fourth-order valence-electron chi connectivity index (χ4n) is 3.37. The molecule has 0 aromatic rings. The van der Waals surface area contributed by atoms with Crippen LogP contribution in [0.3, 0.4) is 0 Å². The molecule has 0 aromatic heterocycles. The summed E-state index contributed by atoms with van der Waals surface area (Å²) in [5.74, 6) is 0. The Kier molecular flexibility index (Phi) is 15.8. The average Bonchev–Trinajstić information content (AvgIpc) is 2.51. The maximum atomic E-state index is 10.9. The molecular weight excluding hydrogens is 268 g/mol. The van der Waals surface area contributed by atoms with Crippen molar-refractivity contribution in [3.63, 3.8) is 0 Å². The lowest BCUT2D eigenvalue weighted by Crippen LogP contribution is -2.28. The van der Waals surface area contributed by atoms with Gasteiger partial charge < -0.3 is 5.11 Å². The Labute approximate surface area is 141 Å². The lowest BCUT2D eigenvalue weighted by Gasteiger charge is -2.28. The third-order valence-corrected chi connectivity index (χ3v) is 4.99. The van der Waals surface area contributed by atoms with E-state index in [0.717, 1.165) is 19.3 Å². The van der Waals surface area contributed by atoms with Crippen LogP contribution in [0.25, 0.3) is 0 Å². The smallest absolute Gasteiger partial charge is 0.0647 e. The number of hydrogen-bond acceptors (Lipinski definition) is 1. The molecule has 0 saturated heterocycles. The van der Waals surface area contributed by atoms with Gasteiger partial charge in [0.15, 0.2) is 0 Å². The Morgan fingerprint density at radius 3 is 1.14 bits per heavy atom. The maximum Gasteiger partial charge on any atom is 0.0647 e. The molecule has 0 rings (SSSR count). The van der Waals surface area contributed by atoms with E-state index < -0.39 is 0 Å². The van der Waals surface area contributed by atoms with Crippen LogP contribution >= 0.6 is 0 Å². The second-order valence-corrected chi connectivity index (χ2v) is 7.36. The van der Waals surface area contributed by atoms with Gasteiger partial charge >= 0.3 is 0 Å². The van der Waals surface area contributed by atoms with Crippen LogP contribution in [0.4, 0.5) is 0 Å². The van der Waals surface area contributed by atoms with Gasteiger partial charge in [-0.25, -0.2) is 0 Å². The number of hydrogen-bond donors (Lipinski definition) is 1. The van der Waals surface area contributed by atoms with Crippen molar-refractivity contribution in [3.8, 4) is 0 Å². The summed E-state index contributed by atoms with van der Waals surface area (Å²) >= 11 is 0. The van der Waals surface area contributed by atoms with Gasteiger partial charge in [0, 0.05) is 0 Å². The molecule has 134 valence electrons. The van der Waals surface area contributed by atoms with Gasteiger partial charge in [0.1, 0.15) is 0 Å². The molecule has 0 atom stereocenters. The van der Waals surface area contributed by atoms with Crippen molar-refractivity contribution in [2.75, 3.05) is 0 Å². The third kappa shape index (κ3) is 13.6. The van der Waals surface area contributed by atoms with Gasteiger partial charge in [0.2, 0.25) is 0 Å². The Balaban J connectivity index is 3.80. The van der Waals surface area contributed by atoms with Gasteiger partial charge in [-0.1, -0.05) is 111 Å². The van der Waals surface area contributed by atoms with Crippen LogP contribution in [0.1, 0.15) is 130 Å². The van der Waals surface area contributed by atoms with Crippen LogP contribution in [0.15, 0.2) is 0 Å². The summed E-state index contributed by atoms with van der Waals surface area (Å²) in [5.41, 5.74) is -0.355. The molecular formula is C21H44O. The van der Waals surface area contributed by atoms with E-state index in [2.05, 4.69) is 20.8 Å². The monoisotopic (exact) mass is 312 g/mol. The normalized spacial score (nSPS) is 12.0. The van der Waals surface area contributed by atoms with E-state index in [0.29, 0.717) is 0 Å². The minimum atomic E-state index is -0.355. The van der Waals surface area contributed by atoms with E-state index >= 15 is 0 Å². The summed E-state index contributed by atoms with van der Waals surface area (Å²) in [6, 6.07) is 0. The highest BCUT2D eigenvalue weighted by molar-refractivity contribution is 4.78. The molecule has 0 aromatic carbocycles. The van der Waals surface area contributed by atoms with Gasteiger partial charge in [-0.15, -0.1) is 0 Å². The van der Waals surface area contributed by atoms with E-state index in [4.69, 9.17) is 0 Å². The van der Waals surface area contributed by atoms with Gasteiger partial charge in [0.25, 0.3) is 0 Å². The predicted molar refractivity (Wildman–Crippen MR) is 100 cm³/mol. The maximum absolute atomic E-state index is 10.9.